The minimum Gasteiger partial charge on any atom is -0.466 e. The summed E-state index contributed by atoms with van der Waals surface area (Å²) in [5.41, 5.74) is 1.36. The first kappa shape index (κ1) is 13.6. The summed E-state index contributed by atoms with van der Waals surface area (Å²) < 4.78 is 5.65. The molecule has 0 bridgehead atoms. The SMILES string of the molecule is CCNC1CCN(C(C)c2cc(C)oc2C)CC1. The zero-order valence-corrected chi connectivity index (χ0v) is 12.1. The number of piperidine rings is 1. The van der Waals surface area contributed by atoms with Crippen LogP contribution < -0.4 is 5.32 Å². The molecule has 1 aliphatic rings. The van der Waals surface area contributed by atoms with Crippen molar-refractivity contribution in [1.82, 2.24) is 10.2 Å². The van der Waals surface area contributed by atoms with Gasteiger partial charge >= 0.3 is 0 Å². The number of nitrogens with one attached hydrogen (secondary N) is 1. The molecule has 1 saturated heterocycles. The Labute approximate surface area is 111 Å². The van der Waals surface area contributed by atoms with Crippen LogP contribution in [-0.2, 0) is 0 Å². The van der Waals surface area contributed by atoms with E-state index in [2.05, 4.69) is 37.1 Å². The third kappa shape index (κ3) is 2.96. The Hall–Kier alpha value is -0.800. The highest BCUT2D eigenvalue weighted by molar-refractivity contribution is 5.23. The lowest BCUT2D eigenvalue weighted by Gasteiger charge is -2.36. The molecule has 0 aliphatic carbocycles. The Morgan fingerprint density at radius 1 is 1.39 bits per heavy atom. The van der Waals surface area contributed by atoms with Crippen LogP contribution in [0.25, 0.3) is 0 Å². The predicted molar refractivity (Wildman–Crippen MR) is 74.9 cm³/mol. The van der Waals surface area contributed by atoms with Gasteiger partial charge in [-0.15, -0.1) is 0 Å². The van der Waals surface area contributed by atoms with E-state index < -0.39 is 0 Å². The fraction of sp³-hybridized carbons (Fsp3) is 0.733. The molecule has 0 aromatic carbocycles. The zero-order chi connectivity index (χ0) is 13.1. The molecule has 1 aliphatic heterocycles. The van der Waals surface area contributed by atoms with Crippen LogP contribution in [0.2, 0.25) is 0 Å². The molecule has 1 N–H and O–H groups in total. The van der Waals surface area contributed by atoms with Gasteiger partial charge in [-0.25, -0.2) is 0 Å². The van der Waals surface area contributed by atoms with Crippen molar-refractivity contribution in [3.63, 3.8) is 0 Å². The lowest BCUT2D eigenvalue weighted by Crippen LogP contribution is -2.43. The highest BCUT2D eigenvalue weighted by Gasteiger charge is 2.24. The van der Waals surface area contributed by atoms with E-state index in [0.29, 0.717) is 12.1 Å². The smallest absolute Gasteiger partial charge is 0.105 e. The van der Waals surface area contributed by atoms with Crippen molar-refractivity contribution in [2.45, 2.75) is 52.6 Å². The summed E-state index contributed by atoms with van der Waals surface area (Å²) in [7, 11) is 0. The molecule has 1 aromatic rings. The van der Waals surface area contributed by atoms with Crippen LogP contribution >= 0.6 is 0 Å². The molecule has 0 radical (unpaired) electrons. The van der Waals surface area contributed by atoms with Crippen molar-refractivity contribution in [3.8, 4) is 0 Å². The topological polar surface area (TPSA) is 28.4 Å². The van der Waals surface area contributed by atoms with Crippen molar-refractivity contribution >= 4 is 0 Å². The Bertz CT molecular complexity index is 378. The molecule has 1 fully saturated rings. The number of aryl methyl sites for hydroxylation is 2. The summed E-state index contributed by atoms with van der Waals surface area (Å²) in [5.74, 6) is 2.10. The lowest BCUT2D eigenvalue weighted by atomic mass is 10.0. The van der Waals surface area contributed by atoms with E-state index in [1.54, 1.807) is 0 Å². The molecule has 18 heavy (non-hydrogen) atoms. The molecule has 3 heteroatoms. The second kappa shape index (κ2) is 5.89. The second-order valence-corrected chi connectivity index (χ2v) is 5.41. The Morgan fingerprint density at radius 2 is 2.06 bits per heavy atom. The number of hydrogen-bond acceptors (Lipinski definition) is 3. The molecular weight excluding hydrogens is 224 g/mol. The maximum Gasteiger partial charge on any atom is 0.105 e. The van der Waals surface area contributed by atoms with E-state index in [0.717, 1.165) is 18.1 Å². The first-order chi connectivity index (χ1) is 8.61. The van der Waals surface area contributed by atoms with E-state index in [1.165, 1.54) is 31.5 Å². The number of furan rings is 1. The fourth-order valence-corrected chi connectivity index (χ4v) is 3.04. The lowest BCUT2D eigenvalue weighted by molar-refractivity contribution is 0.152. The molecule has 0 saturated carbocycles. The van der Waals surface area contributed by atoms with Gasteiger partial charge in [-0.1, -0.05) is 6.92 Å². The number of nitrogens with zero attached hydrogens (tertiary/aromatic N) is 1. The van der Waals surface area contributed by atoms with Gasteiger partial charge < -0.3 is 9.73 Å². The average molecular weight is 250 g/mol. The largest absolute Gasteiger partial charge is 0.466 e. The Kier molecular flexibility index (Phi) is 4.46. The summed E-state index contributed by atoms with van der Waals surface area (Å²) in [5, 5.41) is 3.55. The molecule has 3 nitrogen and oxygen atoms in total. The number of rotatable bonds is 4. The summed E-state index contributed by atoms with van der Waals surface area (Å²) in [6.07, 6.45) is 2.52. The molecule has 102 valence electrons. The molecule has 0 amide bonds. The quantitative estimate of drug-likeness (QED) is 0.890. The van der Waals surface area contributed by atoms with Gasteiger partial charge in [-0.3, -0.25) is 4.90 Å². The van der Waals surface area contributed by atoms with Crippen molar-refractivity contribution in [1.29, 1.82) is 0 Å². The van der Waals surface area contributed by atoms with Gasteiger partial charge in [-0.2, -0.15) is 0 Å². The predicted octanol–water partition coefficient (Wildman–Crippen LogP) is 3.03. The van der Waals surface area contributed by atoms with Gasteiger partial charge in [0.1, 0.15) is 11.5 Å². The molecule has 1 atom stereocenters. The summed E-state index contributed by atoms with van der Waals surface area (Å²) in [4.78, 5) is 2.57. The average Bonchev–Trinajstić information content (AvgIpc) is 2.69. The van der Waals surface area contributed by atoms with Crippen molar-refractivity contribution in [3.05, 3.63) is 23.2 Å². The molecule has 2 heterocycles. The van der Waals surface area contributed by atoms with Crippen molar-refractivity contribution in [2.75, 3.05) is 19.6 Å². The zero-order valence-electron chi connectivity index (χ0n) is 12.1. The number of likely N-dealkylation sites (tertiary alicyclic amines) is 1. The normalized spacial score (nSPS) is 20.2. The number of hydrogen-bond donors (Lipinski definition) is 1. The molecule has 0 spiro atoms. The maximum absolute atomic E-state index is 5.65. The van der Waals surface area contributed by atoms with E-state index in [1.807, 2.05) is 6.92 Å². The van der Waals surface area contributed by atoms with Crippen LogP contribution in [0.5, 0.6) is 0 Å². The highest BCUT2D eigenvalue weighted by atomic mass is 16.3. The third-order valence-electron chi connectivity index (χ3n) is 4.10. The molecule has 2 rings (SSSR count). The molecular formula is C15H26N2O. The van der Waals surface area contributed by atoms with E-state index in [4.69, 9.17) is 4.42 Å². The minimum atomic E-state index is 0.477. The Balaban J connectivity index is 1.95. The van der Waals surface area contributed by atoms with Gasteiger partial charge in [0.05, 0.1) is 0 Å². The van der Waals surface area contributed by atoms with Crippen LogP contribution in [0, 0.1) is 13.8 Å². The molecule has 1 unspecified atom stereocenters. The van der Waals surface area contributed by atoms with Crippen LogP contribution in [0.4, 0.5) is 0 Å². The van der Waals surface area contributed by atoms with Gasteiger partial charge in [0.2, 0.25) is 0 Å². The Morgan fingerprint density at radius 3 is 2.56 bits per heavy atom. The van der Waals surface area contributed by atoms with Crippen molar-refractivity contribution < 1.29 is 4.42 Å². The third-order valence-corrected chi connectivity index (χ3v) is 4.10. The van der Waals surface area contributed by atoms with Crippen LogP contribution in [0.1, 0.15) is 49.8 Å². The standard InChI is InChI=1S/C15H26N2O/c1-5-16-14-6-8-17(9-7-14)12(3)15-10-11(2)18-13(15)4/h10,12,14,16H,5-9H2,1-4H3. The fourth-order valence-electron chi connectivity index (χ4n) is 3.04. The van der Waals surface area contributed by atoms with Gasteiger partial charge in [-0.05, 0) is 46.2 Å². The van der Waals surface area contributed by atoms with Gasteiger partial charge in [0.25, 0.3) is 0 Å². The van der Waals surface area contributed by atoms with Gasteiger partial charge in [0, 0.05) is 30.7 Å². The van der Waals surface area contributed by atoms with E-state index in [-0.39, 0.29) is 0 Å². The first-order valence-electron chi connectivity index (χ1n) is 7.16. The summed E-state index contributed by atoms with van der Waals surface area (Å²) in [6.45, 7) is 12.0. The van der Waals surface area contributed by atoms with Crippen LogP contribution in [-0.4, -0.2) is 30.6 Å². The maximum atomic E-state index is 5.65. The molecule has 1 aromatic heterocycles. The monoisotopic (exact) mass is 250 g/mol. The highest BCUT2D eigenvalue weighted by Crippen LogP contribution is 2.28. The van der Waals surface area contributed by atoms with Crippen LogP contribution in [0.15, 0.2) is 10.5 Å². The summed E-state index contributed by atoms with van der Waals surface area (Å²) in [6, 6.07) is 3.38. The summed E-state index contributed by atoms with van der Waals surface area (Å²) >= 11 is 0. The van der Waals surface area contributed by atoms with Gasteiger partial charge in [0.15, 0.2) is 0 Å². The van der Waals surface area contributed by atoms with E-state index in [9.17, 15) is 0 Å². The second-order valence-electron chi connectivity index (χ2n) is 5.41. The van der Waals surface area contributed by atoms with Crippen molar-refractivity contribution in [2.24, 2.45) is 0 Å². The first-order valence-corrected chi connectivity index (χ1v) is 7.16. The minimum absolute atomic E-state index is 0.477. The van der Waals surface area contributed by atoms with Crippen LogP contribution in [0.3, 0.4) is 0 Å². The van der Waals surface area contributed by atoms with E-state index >= 15 is 0 Å².